The van der Waals surface area contributed by atoms with Gasteiger partial charge in [0.25, 0.3) is 0 Å². The van der Waals surface area contributed by atoms with Crippen molar-refractivity contribution in [3.05, 3.63) is 13.8 Å². The molecule has 4 nitrogen and oxygen atoms in total. The summed E-state index contributed by atoms with van der Waals surface area (Å²) < 4.78 is 10.0. The van der Waals surface area contributed by atoms with Crippen LogP contribution in [-0.4, -0.2) is 60.6 Å². The number of carbonyl (C=O) groups is 2. The largest absolute Gasteiger partial charge is 2.00 e. The van der Waals surface area contributed by atoms with Gasteiger partial charge in [0.05, 0.1) is 13.2 Å². The van der Waals surface area contributed by atoms with Crippen molar-refractivity contribution in [1.29, 1.82) is 0 Å². The molecule has 0 saturated heterocycles. The van der Waals surface area contributed by atoms with Crippen LogP contribution in [0.5, 0.6) is 0 Å². The van der Waals surface area contributed by atoms with Gasteiger partial charge in [0.15, 0.2) is 0 Å². The van der Waals surface area contributed by atoms with Gasteiger partial charge in [-0.1, -0.05) is 208 Å². The summed E-state index contributed by atoms with van der Waals surface area (Å²) in [5, 5.41) is 0. The van der Waals surface area contributed by atoms with Crippen molar-refractivity contribution < 1.29 is 19.1 Å². The van der Waals surface area contributed by atoms with Crippen molar-refractivity contribution in [2.45, 2.75) is 220 Å². The molecule has 292 valence electrons. The van der Waals surface area contributed by atoms with E-state index in [1.165, 1.54) is 154 Å². The van der Waals surface area contributed by atoms with Crippen molar-refractivity contribution in [1.82, 2.24) is 0 Å². The maximum atomic E-state index is 11.0. The van der Waals surface area contributed by atoms with E-state index >= 15 is 0 Å². The van der Waals surface area contributed by atoms with E-state index in [2.05, 4.69) is 41.5 Å². The van der Waals surface area contributed by atoms with E-state index in [0.29, 0.717) is 37.6 Å². The molecule has 0 aliphatic heterocycles. The molecular weight excluding hydrogens is 751 g/mol. The van der Waals surface area contributed by atoms with E-state index in [9.17, 15) is 9.59 Å². The van der Waals surface area contributed by atoms with E-state index in [4.69, 9.17) is 34.7 Å². The van der Waals surface area contributed by atoms with Gasteiger partial charge in [-0.15, -0.1) is 0 Å². The average molecular weight is 836 g/mol. The summed E-state index contributed by atoms with van der Waals surface area (Å²) in [5.41, 5.74) is 0. The molecule has 0 spiro atoms. The number of unbranched alkanes of at least 4 members (excludes halogenated alkanes) is 24. The Morgan fingerprint density at radius 1 is 0.408 bits per heavy atom. The third-order valence-corrected chi connectivity index (χ3v) is 8.25. The first kappa shape index (κ1) is 58.7. The van der Waals surface area contributed by atoms with Crippen LogP contribution in [0.1, 0.15) is 220 Å². The Morgan fingerprint density at radius 2 is 0.633 bits per heavy atom. The molecule has 0 aromatic heterocycles. The summed E-state index contributed by atoms with van der Waals surface area (Å²) >= 11 is 9.40. The van der Waals surface area contributed by atoms with Crippen molar-refractivity contribution in [3.8, 4) is 0 Å². The third kappa shape index (κ3) is 70.7. The molecule has 0 N–H and O–H groups in total. The van der Waals surface area contributed by atoms with Crippen LogP contribution >= 0.6 is 0 Å². The van der Waals surface area contributed by atoms with Gasteiger partial charge >= 0.3 is 35.8 Å². The molecule has 49 heavy (non-hydrogen) atoms. The molecule has 0 aliphatic rings. The van der Waals surface area contributed by atoms with Crippen LogP contribution in [-0.2, 0) is 44.3 Å². The van der Waals surface area contributed by atoms with Crippen molar-refractivity contribution >= 4 is 61.1 Å². The Balaban J connectivity index is -0.000000183. The van der Waals surface area contributed by atoms with Crippen molar-refractivity contribution in [2.24, 2.45) is 0 Å². The molecule has 0 rings (SSSR count). The standard InChI is InChI=1S/2C13H26O2S.2C8H17.Sn/c2*1-2-3-4-5-6-7-8-9-11-15-13(14)10-12-16;2*1-3-5-7-8-6-4-2;/h2*16H,2-12H2,1H3;2*1,3-8H2,2H3;/q;;;;+2/p-2. The summed E-state index contributed by atoms with van der Waals surface area (Å²) in [6.07, 6.45) is 37.0. The molecule has 0 aromatic rings. The molecular formula is C42H84O4S2Sn. The Bertz CT molecular complexity index is 507. The maximum Gasteiger partial charge on any atom is 2.00 e. The van der Waals surface area contributed by atoms with Crippen LogP contribution in [0.4, 0.5) is 0 Å². The first-order valence-electron chi connectivity index (χ1n) is 20.5. The molecule has 0 heterocycles. The van der Waals surface area contributed by atoms with Crippen LogP contribution in [0.15, 0.2) is 0 Å². The Hall–Kier alpha value is 0.439. The molecule has 7 heteroatoms. The molecule has 0 amide bonds. The van der Waals surface area contributed by atoms with E-state index in [0.717, 1.165) is 25.7 Å². The third-order valence-electron chi connectivity index (χ3n) is 7.84. The van der Waals surface area contributed by atoms with Crippen LogP contribution in [0, 0.1) is 13.8 Å². The number of hydrogen-bond donors (Lipinski definition) is 0. The zero-order valence-electron chi connectivity index (χ0n) is 33.4. The Labute approximate surface area is 337 Å². The predicted octanol–water partition coefficient (Wildman–Crippen LogP) is 13.2. The van der Waals surface area contributed by atoms with E-state index in [1.54, 1.807) is 0 Å². The Kier molecular flexibility index (Phi) is 72.6. The first-order valence-corrected chi connectivity index (χ1v) is 21.7. The van der Waals surface area contributed by atoms with Gasteiger partial charge < -0.3 is 34.7 Å². The zero-order valence-corrected chi connectivity index (χ0v) is 37.9. The number of hydrogen-bond acceptors (Lipinski definition) is 6. The van der Waals surface area contributed by atoms with Gasteiger partial charge in [0.1, 0.15) is 0 Å². The number of carbonyl (C=O) groups excluding carboxylic acids is 2. The minimum Gasteiger partial charge on any atom is -0.792 e. The SMILES string of the molecule is CCCCCCCCCCOC(=O)CC[S-].CCCCCCCCCCOC(=O)CC[S-].[CH2]CCCCCCC.[CH2]CCCCCCC.[Sn+2]. The predicted molar refractivity (Wildman–Crippen MR) is 224 cm³/mol. The van der Waals surface area contributed by atoms with Crippen LogP contribution in [0.25, 0.3) is 0 Å². The Morgan fingerprint density at radius 3 is 0.857 bits per heavy atom. The topological polar surface area (TPSA) is 52.6 Å². The quantitative estimate of drug-likeness (QED) is 0.0291. The normalized spacial score (nSPS) is 9.96. The summed E-state index contributed by atoms with van der Waals surface area (Å²) in [7, 11) is 0. The van der Waals surface area contributed by atoms with Gasteiger partial charge in [0, 0.05) is 12.8 Å². The van der Waals surface area contributed by atoms with Crippen LogP contribution < -0.4 is 0 Å². The second-order valence-corrected chi connectivity index (χ2v) is 13.7. The van der Waals surface area contributed by atoms with Crippen LogP contribution in [0.2, 0.25) is 0 Å². The summed E-state index contributed by atoms with van der Waals surface area (Å²) in [6.45, 7) is 17.7. The molecule has 0 atom stereocenters. The number of rotatable bonds is 32. The summed E-state index contributed by atoms with van der Waals surface area (Å²) in [4.78, 5) is 21.9. The molecule has 0 bridgehead atoms. The number of ether oxygens (including phenoxy) is 2. The fraction of sp³-hybridized carbons (Fsp3) is 0.905. The average Bonchev–Trinajstić information content (AvgIpc) is 3.08. The van der Waals surface area contributed by atoms with Gasteiger partial charge in [-0.25, -0.2) is 0 Å². The zero-order chi connectivity index (χ0) is 36.6. The maximum absolute atomic E-state index is 11.0. The van der Waals surface area contributed by atoms with Gasteiger partial charge in [-0.05, 0) is 12.8 Å². The van der Waals surface area contributed by atoms with Gasteiger partial charge in [0.2, 0.25) is 0 Å². The van der Waals surface area contributed by atoms with E-state index in [-0.39, 0.29) is 35.8 Å². The molecule has 0 fully saturated rings. The number of esters is 2. The molecule has 0 unspecified atom stereocenters. The fourth-order valence-corrected chi connectivity index (χ4v) is 5.05. The minimum absolute atomic E-state index is 0. The second kappa shape index (κ2) is 60.5. The fourth-order valence-electron chi connectivity index (χ4n) is 4.72. The smallest absolute Gasteiger partial charge is 0.792 e. The second-order valence-electron chi connectivity index (χ2n) is 12.8. The minimum atomic E-state index is -0.141. The summed E-state index contributed by atoms with van der Waals surface area (Å²) in [6, 6.07) is 0. The van der Waals surface area contributed by atoms with E-state index in [1.807, 2.05) is 0 Å². The monoisotopic (exact) mass is 836 g/mol. The molecule has 0 aromatic carbocycles. The van der Waals surface area contributed by atoms with Crippen molar-refractivity contribution in [3.63, 3.8) is 0 Å². The van der Waals surface area contributed by atoms with Gasteiger partial charge in [-0.2, -0.15) is 11.5 Å². The van der Waals surface area contributed by atoms with Crippen LogP contribution in [0.3, 0.4) is 0 Å². The molecule has 0 aliphatic carbocycles. The molecule has 4 radical (unpaired) electrons. The van der Waals surface area contributed by atoms with E-state index < -0.39 is 0 Å². The molecule has 0 saturated carbocycles. The van der Waals surface area contributed by atoms with Gasteiger partial charge in [-0.3, -0.25) is 9.59 Å². The first-order chi connectivity index (χ1) is 23.4. The summed E-state index contributed by atoms with van der Waals surface area (Å²) in [5.74, 6) is 0.655. The van der Waals surface area contributed by atoms with Crippen molar-refractivity contribution in [2.75, 3.05) is 24.7 Å².